The summed E-state index contributed by atoms with van der Waals surface area (Å²) >= 11 is 0. The average molecular weight is 345 g/mol. The molecule has 9 nitrogen and oxygen atoms in total. The van der Waals surface area contributed by atoms with Crippen molar-refractivity contribution in [2.75, 3.05) is 5.32 Å². The summed E-state index contributed by atoms with van der Waals surface area (Å²) in [4.78, 5) is 32.5. The number of amides is 1. The fraction of sp³-hybridized carbons (Fsp3) is 0.188. The number of benzene rings is 2. The molecule has 9 heteroatoms. The highest BCUT2D eigenvalue weighted by molar-refractivity contribution is 6.07. The Balaban J connectivity index is 2.23. The van der Waals surface area contributed by atoms with Gasteiger partial charge in [-0.3, -0.25) is 25.0 Å². The van der Waals surface area contributed by atoms with Gasteiger partial charge < -0.3 is 10.1 Å². The predicted molar refractivity (Wildman–Crippen MR) is 89.9 cm³/mol. The van der Waals surface area contributed by atoms with E-state index in [0.717, 1.165) is 18.2 Å². The molecule has 0 aliphatic rings. The maximum Gasteiger partial charge on any atom is 0.289 e. The zero-order valence-electron chi connectivity index (χ0n) is 13.5. The van der Waals surface area contributed by atoms with Gasteiger partial charge in [-0.1, -0.05) is 0 Å². The van der Waals surface area contributed by atoms with Gasteiger partial charge in [-0.25, -0.2) is 0 Å². The molecule has 0 atom stereocenters. The summed E-state index contributed by atoms with van der Waals surface area (Å²) in [5.41, 5.74) is -0.947. The Hall–Kier alpha value is -3.49. The van der Waals surface area contributed by atoms with Gasteiger partial charge in [-0.15, -0.1) is 0 Å². The molecule has 0 aliphatic heterocycles. The highest BCUT2D eigenvalue weighted by Crippen LogP contribution is 2.26. The first-order valence-corrected chi connectivity index (χ1v) is 7.29. The Kier molecular flexibility index (Phi) is 5.28. The maximum absolute atomic E-state index is 12.3. The number of carbonyl (C=O) groups is 1. The standard InChI is InChI=1S/C16H15N3O6/c1-10(2)25-13-6-3-11(4-7-13)17-16(20)14-8-5-12(18(21)22)9-15(14)19(23)24/h3-10H,1-2H3,(H,17,20). The molecule has 0 fully saturated rings. The minimum absolute atomic E-state index is 0.00296. The summed E-state index contributed by atoms with van der Waals surface area (Å²) in [5, 5.41) is 24.3. The van der Waals surface area contributed by atoms with E-state index < -0.39 is 27.1 Å². The molecule has 2 rings (SSSR count). The second kappa shape index (κ2) is 7.39. The van der Waals surface area contributed by atoms with Crippen LogP contribution in [-0.4, -0.2) is 21.9 Å². The van der Waals surface area contributed by atoms with E-state index in [0.29, 0.717) is 11.4 Å². The Morgan fingerprint density at radius 2 is 1.68 bits per heavy atom. The van der Waals surface area contributed by atoms with Crippen molar-refractivity contribution in [2.45, 2.75) is 20.0 Å². The van der Waals surface area contributed by atoms with Crippen molar-refractivity contribution < 1.29 is 19.4 Å². The average Bonchev–Trinajstić information content (AvgIpc) is 2.55. The number of ether oxygens (including phenoxy) is 1. The largest absolute Gasteiger partial charge is 0.491 e. The normalized spacial score (nSPS) is 10.4. The lowest BCUT2D eigenvalue weighted by molar-refractivity contribution is -0.394. The second-order valence-electron chi connectivity index (χ2n) is 5.36. The van der Waals surface area contributed by atoms with Crippen LogP contribution in [0.15, 0.2) is 42.5 Å². The van der Waals surface area contributed by atoms with Gasteiger partial charge in [0.05, 0.1) is 22.0 Å². The zero-order valence-corrected chi connectivity index (χ0v) is 13.5. The van der Waals surface area contributed by atoms with Gasteiger partial charge in [0.2, 0.25) is 0 Å². The van der Waals surface area contributed by atoms with Crippen molar-refractivity contribution in [2.24, 2.45) is 0 Å². The minimum Gasteiger partial charge on any atom is -0.491 e. The molecule has 2 aromatic rings. The number of nitrogens with zero attached hydrogens (tertiary/aromatic N) is 2. The highest BCUT2D eigenvalue weighted by atomic mass is 16.6. The third kappa shape index (κ3) is 4.50. The molecule has 0 heterocycles. The first-order valence-electron chi connectivity index (χ1n) is 7.29. The number of hydrogen-bond donors (Lipinski definition) is 1. The number of rotatable bonds is 6. The van der Waals surface area contributed by atoms with Crippen molar-refractivity contribution in [3.63, 3.8) is 0 Å². The quantitative estimate of drug-likeness (QED) is 0.630. The van der Waals surface area contributed by atoms with Gasteiger partial charge in [0.15, 0.2) is 0 Å². The smallest absolute Gasteiger partial charge is 0.289 e. The van der Waals surface area contributed by atoms with E-state index in [1.165, 1.54) is 0 Å². The highest BCUT2D eigenvalue weighted by Gasteiger charge is 2.24. The number of nitrogens with one attached hydrogen (secondary N) is 1. The Labute approximate surface area is 142 Å². The minimum atomic E-state index is -0.832. The molecular weight excluding hydrogens is 330 g/mol. The molecule has 2 aromatic carbocycles. The van der Waals surface area contributed by atoms with Crippen LogP contribution in [0.3, 0.4) is 0 Å². The SMILES string of the molecule is CC(C)Oc1ccc(NC(=O)c2ccc([N+](=O)[O-])cc2[N+](=O)[O-])cc1. The molecule has 130 valence electrons. The monoisotopic (exact) mass is 345 g/mol. The van der Waals surface area contributed by atoms with Crippen LogP contribution in [0, 0.1) is 20.2 Å². The van der Waals surface area contributed by atoms with E-state index in [2.05, 4.69) is 5.32 Å². The topological polar surface area (TPSA) is 125 Å². The summed E-state index contributed by atoms with van der Waals surface area (Å²) in [6.45, 7) is 3.76. The Morgan fingerprint density at radius 1 is 1.04 bits per heavy atom. The molecule has 0 aliphatic carbocycles. The number of anilines is 1. The van der Waals surface area contributed by atoms with Gasteiger partial charge in [0.1, 0.15) is 11.3 Å². The van der Waals surface area contributed by atoms with Crippen LogP contribution in [0.2, 0.25) is 0 Å². The lowest BCUT2D eigenvalue weighted by Crippen LogP contribution is -2.14. The van der Waals surface area contributed by atoms with Crippen molar-refractivity contribution in [3.05, 3.63) is 68.3 Å². The van der Waals surface area contributed by atoms with Gasteiger partial charge in [0, 0.05) is 11.8 Å². The molecule has 1 N–H and O–H groups in total. The van der Waals surface area contributed by atoms with Gasteiger partial charge in [-0.2, -0.15) is 0 Å². The van der Waals surface area contributed by atoms with Crippen LogP contribution >= 0.6 is 0 Å². The second-order valence-corrected chi connectivity index (χ2v) is 5.36. The van der Waals surface area contributed by atoms with Crippen LogP contribution in [0.4, 0.5) is 17.1 Å². The molecular formula is C16H15N3O6. The van der Waals surface area contributed by atoms with Crippen molar-refractivity contribution in [3.8, 4) is 5.75 Å². The zero-order chi connectivity index (χ0) is 18.6. The number of non-ortho nitro benzene ring substituents is 1. The van der Waals surface area contributed by atoms with Crippen LogP contribution in [-0.2, 0) is 0 Å². The van der Waals surface area contributed by atoms with E-state index in [-0.39, 0.29) is 11.7 Å². The molecule has 0 saturated carbocycles. The summed E-state index contributed by atoms with van der Waals surface area (Å²) < 4.78 is 5.48. The van der Waals surface area contributed by atoms with E-state index in [1.54, 1.807) is 24.3 Å². The Bertz CT molecular complexity index is 817. The van der Waals surface area contributed by atoms with E-state index in [1.807, 2.05) is 13.8 Å². The molecule has 0 radical (unpaired) electrons. The number of hydrogen-bond acceptors (Lipinski definition) is 6. The van der Waals surface area contributed by atoms with Crippen molar-refractivity contribution >= 4 is 23.0 Å². The predicted octanol–water partition coefficient (Wildman–Crippen LogP) is 3.54. The number of carbonyl (C=O) groups excluding carboxylic acids is 1. The Morgan fingerprint density at radius 3 is 2.20 bits per heavy atom. The van der Waals surface area contributed by atoms with Gasteiger partial charge >= 0.3 is 0 Å². The first-order chi connectivity index (χ1) is 11.8. The third-order valence-electron chi connectivity index (χ3n) is 3.12. The summed E-state index contributed by atoms with van der Waals surface area (Å²) in [6, 6.07) is 9.34. The van der Waals surface area contributed by atoms with Gasteiger partial charge in [-0.05, 0) is 44.2 Å². The fourth-order valence-electron chi connectivity index (χ4n) is 2.06. The molecule has 0 bridgehead atoms. The third-order valence-corrected chi connectivity index (χ3v) is 3.12. The molecule has 0 saturated heterocycles. The van der Waals surface area contributed by atoms with Crippen molar-refractivity contribution in [1.29, 1.82) is 0 Å². The van der Waals surface area contributed by atoms with Crippen LogP contribution < -0.4 is 10.1 Å². The van der Waals surface area contributed by atoms with E-state index >= 15 is 0 Å². The first kappa shape index (κ1) is 17.9. The number of nitro benzene ring substituents is 2. The fourth-order valence-corrected chi connectivity index (χ4v) is 2.06. The molecule has 25 heavy (non-hydrogen) atoms. The number of nitro groups is 2. The summed E-state index contributed by atoms with van der Waals surface area (Å²) in [6.07, 6.45) is 0.00296. The summed E-state index contributed by atoms with van der Waals surface area (Å²) in [5.74, 6) is -0.117. The molecule has 0 aromatic heterocycles. The molecule has 1 amide bonds. The lowest BCUT2D eigenvalue weighted by Gasteiger charge is -2.10. The van der Waals surface area contributed by atoms with E-state index in [9.17, 15) is 25.0 Å². The van der Waals surface area contributed by atoms with Crippen LogP contribution in [0.5, 0.6) is 5.75 Å². The summed E-state index contributed by atoms with van der Waals surface area (Å²) in [7, 11) is 0. The lowest BCUT2D eigenvalue weighted by atomic mass is 10.1. The molecule has 0 unspecified atom stereocenters. The van der Waals surface area contributed by atoms with Crippen LogP contribution in [0.1, 0.15) is 24.2 Å². The van der Waals surface area contributed by atoms with Crippen LogP contribution in [0.25, 0.3) is 0 Å². The van der Waals surface area contributed by atoms with E-state index in [4.69, 9.17) is 4.74 Å². The molecule has 0 spiro atoms. The van der Waals surface area contributed by atoms with Crippen molar-refractivity contribution in [1.82, 2.24) is 0 Å². The maximum atomic E-state index is 12.3. The van der Waals surface area contributed by atoms with Gasteiger partial charge in [0.25, 0.3) is 17.3 Å².